The fourth-order valence-electron chi connectivity index (χ4n) is 9.03. The Morgan fingerprint density at radius 3 is 2.15 bits per heavy atom. The predicted octanol–water partition coefficient (Wildman–Crippen LogP) is 9.09. The summed E-state index contributed by atoms with van der Waals surface area (Å²) in [6.45, 7) is 4.38. The van der Waals surface area contributed by atoms with Crippen molar-refractivity contribution in [3.8, 4) is 11.5 Å². The molecule has 2 aliphatic rings. The van der Waals surface area contributed by atoms with E-state index >= 15 is 0 Å². The van der Waals surface area contributed by atoms with Gasteiger partial charge in [0.2, 0.25) is 11.8 Å². The number of rotatable bonds is 16. The van der Waals surface area contributed by atoms with Gasteiger partial charge in [-0.15, -0.1) is 12.4 Å². The van der Waals surface area contributed by atoms with E-state index in [1.54, 1.807) is 21.1 Å². The lowest BCUT2D eigenvalue weighted by Crippen LogP contribution is -2.55. The number of fused-ring (bicyclic) bond motifs is 1. The molecule has 0 radical (unpaired) electrons. The molecule has 8 heteroatoms. The number of nitrogens with zero attached hydrogens (tertiary/aromatic N) is 1. The molecule has 0 saturated carbocycles. The smallest absolute Gasteiger partial charge is 0.221 e. The normalized spacial score (nSPS) is 16.9. The van der Waals surface area contributed by atoms with Gasteiger partial charge in [-0.3, -0.25) is 14.5 Å². The zero-order chi connectivity index (χ0) is 37.1. The monoisotopic (exact) mass is 751 g/mol. The van der Waals surface area contributed by atoms with Gasteiger partial charge in [-0.05, 0) is 129 Å². The highest BCUT2D eigenvalue weighted by Gasteiger charge is 2.42. The van der Waals surface area contributed by atoms with Crippen molar-refractivity contribution in [1.29, 1.82) is 0 Å². The second-order valence-electron chi connectivity index (χ2n) is 15.1. The number of carbonyl (C=O) groups is 2. The minimum Gasteiger partial charge on any atom is -0.497 e. The summed E-state index contributed by atoms with van der Waals surface area (Å²) in [6, 6.07) is 34.3. The largest absolute Gasteiger partial charge is 0.497 e. The lowest BCUT2D eigenvalue weighted by molar-refractivity contribution is -0.121. The number of amides is 2. The summed E-state index contributed by atoms with van der Waals surface area (Å²) < 4.78 is 10.9. The molecule has 1 fully saturated rings. The zero-order valence-corrected chi connectivity index (χ0v) is 33.1. The van der Waals surface area contributed by atoms with E-state index in [2.05, 4.69) is 88.3 Å². The van der Waals surface area contributed by atoms with Crippen LogP contribution in [0.4, 0.5) is 5.69 Å². The van der Waals surface area contributed by atoms with E-state index in [0.29, 0.717) is 19.4 Å². The number of piperidine rings is 1. The maximum atomic E-state index is 12.9. The van der Waals surface area contributed by atoms with Crippen LogP contribution in [0.1, 0.15) is 92.5 Å². The van der Waals surface area contributed by atoms with Crippen LogP contribution in [0.2, 0.25) is 0 Å². The van der Waals surface area contributed by atoms with Crippen LogP contribution in [-0.2, 0) is 34.3 Å². The molecular formula is C46H58ClN3O4. The molecule has 7 nitrogen and oxygen atoms in total. The van der Waals surface area contributed by atoms with Gasteiger partial charge in [-0.2, -0.15) is 0 Å². The maximum Gasteiger partial charge on any atom is 0.221 e. The third kappa shape index (κ3) is 9.85. The van der Waals surface area contributed by atoms with Gasteiger partial charge in [-0.1, -0.05) is 79.2 Å². The van der Waals surface area contributed by atoms with E-state index in [4.69, 9.17) is 9.47 Å². The Morgan fingerprint density at radius 2 is 1.50 bits per heavy atom. The number of nitrogens with one attached hydrogen (secondary N) is 2. The number of benzene rings is 4. The molecule has 2 amide bonds. The minimum atomic E-state index is -0.164. The van der Waals surface area contributed by atoms with Gasteiger partial charge in [0.1, 0.15) is 11.5 Å². The summed E-state index contributed by atoms with van der Waals surface area (Å²) >= 11 is 0. The summed E-state index contributed by atoms with van der Waals surface area (Å²) in [5.41, 5.74) is 7.23. The van der Waals surface area contributed by atoms with E-state index in [0.717, 1.165) is 80.8 Å². The molecule has 1 aliphatic carbocycles. The highest BCUT2D eigenvalue weighted by atomic mass is 35.5. The second-order valence-corrected chi connectivity index (χ2v) is 15.1. The molecule has 1 spiro atoms. The van der Waals surface area contributed by atoms with Gasteiger partial charge < -0.3 is 20.1 Å². The SMILES string of the molecule is COc1ccc(CCC(=O)NCCCC(CCCN2CCCCC23CCc2cc(OC)c(NC(C)=O)cc2C3)(c2ccccc2)c2ccccc2)cc1.Cl. The summed E-state index contributed by atoms with van der Waals surface area (Å²) in [6.07, 6.45) is 12.0. The molecule has 1 saturated heterocycles. The van der Waals surface area contributed by atoms with Crippen molar-refractivity contribution in [2.24, 2.45) is 0 Å². The number of aryl methyl sites for hydroxylation is 2. The van der Waals surface area contributed by atoms with Gasteiger partial charge >= 0.3 is 0 Å². The highest BCUT2D eigenvalue weighted by molar-refractivity contribution is 5.90. The van der Waals surface area contributed by atoms with Crippen LogP contribution in [-0.4, -0.2) is 56.1 Å². The van der Waals surface area contributed by atoms with Crippen molar-refractivity contribution in [1.82, 2.24) is 10.2 Å². The molecule has 1 atom stereocenters. The standard InChI is InChI=1S/C46H57N3O4.ClH/c1-35(50)48-42-32-38-34-45(28-24-37(38)33-43(42)53-3)25-10-11-30-49(45)31-13-27-46(39-14-6-4-7-15-39,40-16-8-5-9-17-40)26-12-29-47-44(51)23-20-36-18-21-41(52-2)22-19-36;/h4-9,14-19,21-22,32-33H,10-13,20,23-31,34H2,1-3H3,(H,47,51)(H,48,50);1H. The quantitative estimate of drug-likeness (QED) is 0.112. The molecule has 4 aromatic carbocycles. The van der Waals surface area contributed by atoms with Gasteiger partial charge in [0.05, 0.1) is 19.9 Å². The van der Waals surface area contributed by atoms with E-state index in [1.165, 1.54) is 41.5 Å². The first-order chi connectivity index (χ1) is 25.8. The average Bonchev–Trinajstić information content (AvgIpc) is 3.19. The highest BCUT2D eigenvalue weighted by Crippen LogP contribution is 2.45. The first-order valence-electron chi connectivity index (χ1n) is 19.6. The van der Waals surface area contributed by atoms with Crippen LogP contribution < -0.4 is 20.1 Å². The number of hydrogen-bond acceptors (Lipinski definition) is 5. The molecular weight excluding hydrogens is 694 g/mol. The Morgan fingerprint density at radius 1 is 0.815 bits per heavy atom. The van der Waals surface area contributed by atoms with Crippen LogP contribution >= 0.6 is 12.4 Å². The maximum absolute atomic E-state index is 12.9. The van der Waals surface area contributed by atoms with Gasteiger partial charge in [0.15, 0.2) is 0 Å². The van der Waals surface area contributed by atoms with Gasteiger partial charge in [0, 0.05) is 30.8 Å². The number of ether oxygens (including phenoxy) is 2. The Bertz CT molecular complexity index is 1760. The number of carbonyl (C=O) groups excluding carboxylic acids is 2. The molecule has 288 valence electrons. The molecule has 2 N–H and O–H groups in total. The van der Waals surface area contributed by atoms with Gasteiger partial charge in [0.25, 0.3) is 0 Å². The second kappa shape index (κ2) is 19.3. The zero-order valence-electron chi connectivity index (χ0n) is 32.3. The third-order valence-electron chi connectivity index (χ3n) is 11.8. The van der Waals surface area contributed by atoms with E-state index in [1.807, 2.05) is 24.3 Å². The predicted molar refractivity (Wildman–Crippen MR) is 221 cm³/mol. The van der Waals surface area contributed by atoms with Crippen molar-refractivity contribution in [2.75, 3.05) is 39.2 Å². The Hall–Kier alpha value is -4.33. The summed E-state index contributed by atoms with van der Waals surface area (Å²) in [7, 11) is 3.34. The molecule has 1 heterocycles. The fourth-order valence-corrected chi connectivity index (χ4v) is 9.03. The number of likely N-dealkylation sites (tertiary alicyclic amines) is 1. The first kappa shape index (κ1) is 40.8. The minimum absolute atomic E-state index is 0. The van der Waals surface area contributed by atoms with E-state index in [-0.39, 0.29) is 35.2 Å². The van der Waals surface area contributed by atoms with Crippen molar-refractivity contribution < 1.29 is 19.1 Å². The van der Waals surface area contributed by atoms with Crippen LogP contribution in [0.3, 0.4) is 0 Å². The lowest BCUT2D eigenvalue weighted by Gasteiger charge is -2.50. The van der Waals surface area contributed by atoms with Crippen LogP contribution in [0.5, 0.6) is 11.5 Å². The average molecular weight is 752 g/mol. The van der Waals surface area contributed by atoms with Crippen LogP contribution in [0.25, 0.3) is 0 Å². The molecule has 4 aromatic rings. The topological polar surface area (TPSA) is 79.9 Å². The van der Waals surface area contributed by atoms with E-state index < -0.39 is 0 Å². The Labute approximate surface area is 328 Å². The first-order valence-corrected chi connectivity index (χ1v) is 19.6. The van der Waals surface area contributed by atoms with Crippen LogP contribution in [0, 0.1) is 0 Å². The van der Waals surface area contributed by atoms with Crippen LogP contribution in [0.15, 0.2) is 97.1 Å². The Kier molecular flexibility index (Phi) is 14.6. The molecule has 1 unspecified atom stereocenters. The summed E-state index contributed by atoms with van der Waals surface area (Å²) in [5, 5.41) is 6.22. The third-order valence-corrected chi connectivity index (χ3v) is 11.8. The summed E-state index contributed by atoms with van der Waals surface area (Å²) in [4.78, 5) is 27.7. The molecule has 0 bridgehead atoms. The number of halogens is 1. The molecule has 54 heavy (non-hydrogen) atoms. The molecule has 6 rings (SSSR count). The number of anilines is 1. The van der Waals surface area contributed by atoms with E-state index in [9.17, 15) is 9.59 Å². The van der Waals surface area contributed by atoms with Crippen molar-refractivity contribution in [3.05, 3.63) is 125 Å². The van der Waals surface area contributed by atoms with Crippen molar-refractivity contribution in [2.45, 2.75) is 94.9 Å². The van der Waals surface area contributed by atoms with Crippen molar-refractivity contribution in [3.63, 3.8) is 0 Å². The number of hydrogen-bond donors (Lipinski definition) is 2. The number of methoxy groups -OCH3 is 2. The summed E-state index contributed by atoms with van der Waals surface area (Å²) in [5.74, 6) is 1.58. The Balaban J connectivity index is 0.00000561. The van der Waals surface area contributed by atoms with Gasteiger partial charge in [-0.25, -0.2) is 0 Å². The fraction of sp³-hybridized carbons (Fsp3) is 0.435. The lowest BCUT2D eigenvalue weighted by atomic mass is 9.68. The molecule has 1 aliphatic heterocycles. The molecule has 0 aromatic heterocycles. The van der Waals surface area contributed by atoms with Crippen molar-refractivity contribution >= 4 is 29.9 Å².